The Kier molecular flexibility index (Phi) is 4.14. The van der Waals surface area contributed by atoms with Crippen LogP contribution in [0.25, 0.3) is 0 Å². The van der Waals surface area contributed by atoms with Crippen LogP contribution in [0.5, 0.6) is 0 Å². The number of carboxylic acids is 1. The number of carboxylic acid groups (broad SMARTS) is 1. The predicted molar refractivity (Wildman–Crippen MR) is 53.2 cm³/mol. The van der Waals surface area contributed by atoms with Crippen molar-refractivity contribution in [3.05, 3.63) is 35.4 Å². The number of hydrogen-bond acceptors (Lipinski definition) is 3. The van der Waals surface area contributed by atoms with Crippen molar-refractivity contribution < 1.29 is 28.2 Å². The Morgan fingerprint density at radius 1 is 1.41 bits per heavy atom. The highest BCUT2D eigenvalue weighted by Gasteiger charge is 2.28. The minimum Gasteiger partial charge on any atom is -0.481 e. The van der Waals surface area contributed by atoms with Crippen molar-refractivity contribution in [3.63, 3.8) is 0 Å². The van der Waals surface area contributed by atoms with Crippen LogP contribution >= 0.6 is 0 Å². The first-order valence-electron chi connectivity index (χ1n) is 4.70. The summed E-state index contributed by atoms with van der Waals surface area (Å²) in [5.74, 6) is -5.45. The summed E-state index contributed by atoms with van der Waals surface area (Å²) in [4.78, 5) is 21.9. The summed E-state index contributed by atoms with van der Waals surface area (Å²) in [6.07, 6.45) is -0.453. The van der Waals surface area contributed by atoms with Gasteiger partial charge in [-0.3, -0.25) is 9.59 Å². The third-order valence-electron chi connectivity index (χ3n) is 2.22. The fourth-order valence-corrected chi connectivity index (χ4v) is 1.33. The van der Waals surface area contributed by atoms with E-state index in [0.717, 1.165) is 25.3 Å². The van der Waals surface area contributed by atoms with E-state index in [1.165, 1.54) is 0 Å². The van der Waals surface area contributed by atoms with E-state index in [2.05, 4.69) is 4.74 Å². The number of hydrogen-bond donors (Lipinski definition) is 1. The summed E-state index contributed by atoms with van der Waals surface area (Å²) in [6, 6.07) is 2.64. The lowest BCUT2D eigenvalue weighted by molar-refractivity contribution is -0.156. The van der Waals surface area contributed by atoms with Gasteiger partial charge in [0.2, 0.25) is 0 Å². The van der Waals surface area contributed by atoms with Crippen LogP contribution in [-0.2, 0) is 20.7 Å². The van der Waals surface area contributed by atoms with Gasteiger partial charge in [0.25, 0.3) is 0 Å². The Morgan fingerprint density at radius 2 is 2.06 bits per heavy atom. The Balaban J connectivity index is 2.97. The van der Waals surface area contributed by atoms with Crippen molar-refractivity contribution >= 4 is 11.9 Å². The van der Waals surface area contributed by atoms with Gasteiger partial charge in [-0.25, -0.2) is 8.78 Å². The molecule has 0 fully saturated rings. The smallest absolute Gasteiger partial charge is 0.320 e. The molecule has 0 bridgehead atoms. The third-order valence-corrected chi connectivity index (χ3v) is 2.22. The molecular weight excluding hydrogens is 234 g/mol. The number of aliphatic carboxylic acids is 1. The SMILES string of the molecule is COC(=O)C(Cc1cc(F)ccc1F)C(=O)O. The van der Waals surface area contributed by atoms with E-state index in [1.807, 2.05) is 0 Å². The van der Waals surface area contributed by atoms with Crippen LogP contribution in [0.3, 0.4) is 0 Å². The number of halogens is 2. The van der Waals surface area contributed by atoms with E-state index < -0.39 is 35.9 Å². The van der Waals surface area contributed by atoms with Gasteiger partial charge in [-0.2, -0.15) is 0 Å². The lowest BCUT2D eigenvalue weighted by Crippen LogP contribution is -2.27. The largest absolute Gasteiger partial charge is 0.481 e. The summed E-state index contributed by atoms with van der Waals surface area (Å²) in [5, 5.41) is 8.78. The molecule has 0 radical (unpaired) electrons. The van der Waals surface area contributed by atoms with E-state index in [9.17, 15) is 18.4 Å². The van der Waals surface area contributed by atoms with Gasteiger partial charge in [-0.05, 0) is 30.2 Å². The third kappa shape index (κ3) is 3.24. The molecule has 1 atom stereocenters. The van der Waals surface area contributed by atoms with Crippen molar-refractivity contribution in [3.8, 4) is 0 Å². The van der Waals surface area contributed by atoms with Crippen LogP contribution in [0.1, 0.15) is 5.56 Å². The molecule has 0 saturated carbocycles. The molecule has 0 aliphatic carbocycles. The van der Waals surface area contributed by atoms with Gasteiger partial charge < -0.3 is 9.84 Å². The van der Waals surface area contributed by atoms with Gasteiger partial charge in [0.05, 0.1) is 7.11 Å². The zero-order valence-electron chi connectivity index (χ0n) is 8.94. The van der Waals surface area contributed by atoms with Gasteiger partial charge >= 0.3 is 11.9 Å². The molecule has 0 aromatic heterocycles. The fourth-order valence-electron chi connectivity index (χ4n) is 1.33. The van der Waals surface area contributed by atoms with Crippen molar-refractivity contribution in [1.29, 1.82) is 0 Å². The minimum absolute atomic E-state index is 0.178. The van der Waals surface area contributed by atoms with Crippen LogP contribution in [0.4, 0.5) is 8.78 Å². The second-order valence-electron chi connectivity index (χ2n) is 3.35. The Hall–Kier alpha value is -1.98. The lowest BCUT2D eigenvalue weighted by Gasteiger charge is -2.10. The minimum atomic E-state index is -1.55. The molecule has 0 saturated heterocycles. The Bertz CT molecular complexity index is 445. The number of carbonyl (C=O) groups is 2. The number of methoxy groups -OCH3 is 1. The topological polar surface area (TPSA) is 63.6 Å². The average Bonchev–Trinajstić information content (AvgIpc) is 2.28. The maximum absolute atomic E-state index is 13.2. The molecule has 1 rings (SSSR count). The molecule has 6 heteroatoms. The second-order valence-corrected chi connectivity index (χ2v) is 3.35. The molecule has 17 heavy (non-hydrogen) atoms. The first-order valence-corrected chi connectivity index (χ1v) is 4.70. The van der Waals surface area contributed by atoms with E-state index in [1.54, 1.807) is 0 Å². The monoisotopic (exact) mass is 244 g/mol. The first kappa shape index (κ1) is 13.1. The normalized spacial score (nSPS) is 11.9. The van der Waals surface area contributed by atoms with Crippen LogP contribution in [-0.4, -0.2) is 24.2 Å². The first-order chi connectivity index (χ1) is 7.95. The van der Waals surface area contributed by atoms with Crippen molar-refractivity contribution in [2.24, 2.45) is 5.92 Å². The molecule has 0 amide bonds. The standard InChI is InChI=1S/C11H10F2O4/c1-17-11(16)8(10(14)15)5-6-4-7(12)2-3-9(6)13/h2-4,8H,5H2,1H3,(H,14,15). The zero-order chi connectivity index (χ0) is 13.0. The number of esters is 1. The molecule has 1 aromatic rings. The molecule has 1 aromatic carbocycles. The van der Waals surface area contributed by atoms with Crippen molar-refractivity contribution in [2.45, 2.75) is 6.42 Å². The van der Waals surface area contributed by atoms with Gasteiger partial charge in [0.1, 0.15) is 11.6 Å². The van der Waals surface area contributed by atoms with Crippen LogP contribution in [0.15, 0.2) is 18.2 Å². The highest BCUT2D eigenvalue weighted by Crippen LogP contribution is 2.16. The molecule has 92 valence electrons. The van der Waals surface area contributed by atoms with Crippen LogP contribution in [0.2, 0.25) is 0 Å². The van der Waals surface area contributed by atoms with E-state index in [0.29, 0.717) is 0 Å². The second kappa shape index (κ2) is 5.38. The van der Waals surface area contributed by atoms with Crippen molar-refractivity contribution in [1.82, 2.24) is 0 Å². The summed E-state index contributed by atoms with van der Waals surface area (Å²) in [5.41, 5.74) is -0.178. The van der Waals surface area contributed by atoms with E-state index >= 15 is 0 Å². The van der Waals surface area contributed by atoms with Gasteiger partial charge in [-0.1, -0.05) is 0 Å². The van der Waals surface area contributed by atoms with Gasteiger partial charge in [0.15, 0.2) is 5.92 Å². The predicted octanol–water partition coefficient (Wildman–Crippen LogP) is 1.38. The summed E-state index contributed by atoms with van der Waals surface area (Å²) in [7, 11) is 1.03. The quantitative estimate of drug-likeness (QED) is 0.642. The van der Waals surface area contributed by atoms with E-state index in [4.69, 9.17) is 5.11 Å². The molecular formula is C11H10F2O4. The number of rotatable bonds is 4. The molecule has 1 unspecified atom stereocenters. The number of benzene rings is 1. The average molecular weight is 244 g/mol. The van der Waals surface area contributed by atoms with Crippen LogP contribution in [0, 0.1) is 17.6 Å². The maximum Gasteiger partial charge on any atom is 0.320 e. The Morgan fingerprint density at radius 3 is 2.59 bits per heavy atom. The Labute approximate surface area is 95.8 Å². The summed E-state index contributed by atoms with van der Waals surface area (Å²) in [6.45, 7) is 0. The molecule has 0 spiro atoms. The number of carbonyl (C=O) groups excluding carboxylic acids is 1. The lowest BCUT2D eigenvalue weighted by atomic mass is 9.99. The van der Waals surface area contributed by atoms with E-state index in [-0.39, 0.29) is 5.56 Å². The molecule has 0 aliphatic heterocycles. The maximum atomic E-state index is 13.2. The van der Waals surface area contributed by atoms with Crippen molar-refractivity contribution in [2.75, 3.05) is 7.11 Å². The van der Waals surface area contributed by atoms with Crippen LogP contribution < -0.4 is 0 Å². The molecule has 1 N–H and O–H groups in total. The highest BCUT2D eigenvalue weighted by atomic mass is 19.1. The number of ether oxygens (including phenoxy) is 1. The highest BCUT2D eigenvalue weighted by molar-refractivity contribution is 5.94. The summed E-state index contributed by atoms with van der Waals surface area (Å²) < 4.78 is 30.4. The molecule has 0 heterocycles. The fraction of sp³-hybridized carbons (Fsp3) is 0.273. The molecule has 4 nitrogen and oxygen atoms in total. The van der Waals surface area contributed by atoms with Gasteiger partial charge in [0, 0.05) is 0 Å². The molecule has 0 aliphatic rings. The summed E-state index contributed by atoms with van der Waals surface area (Å²) >= 11 is 0. The van der Waals surface area contributed by atoms with Gasteiger partial charge in [-0.15, -0.1) is 0 Å². The zero-order valence-corrected chi connectivity index (χ0v) is 8.94.